The lowest BCUT2D eigenvalue weighted by molar-refractivity contribution is 0.829. The summed E-state index contributed by atoms with van der Waals surface area (Å²) < 4.78 is 0. The molecule has 0 fully saturated rings. The Kier molecular flexibility index (Phi) is 9.21. The normalized spacial score (nSPS) is 11.0. The van der Waals surface area contributed by atoms with Gasteiger partial charge >= 0.3 is 0 Å². The quantitative estimate of drug-likeness (QED) is 0.153. The van der Waals surface area contributed by atoms with Crippen LogP contribution in [-0.2, 0) is 13.1 Å². The first-order chi connectivity index (χ1) is 19.6. The molecule has 5 aromatic carbocycles. The average Bonchev–Trinajstić information content (AvgIpc) is 3.01. The first kappa shape index (κ1) is 27.6. The van der Waals surface area contributed by atoms with Crippen molar-refractivity contribution >= 4 is 23.0 Å². The third kappa shape index (κ3) is 6.76. The Bertz CT molecular complexity index is 1350. The highest BCUT2D eigenvalue weighted by Crippen LogP contribution is 2.35. The van der Waals surface area contributed by atoms with Crippen LogP contribution in [0, 0.1) is 0 Å². The highest BCUT2D eigenvalue weighted by atomic mass is 35.5. The summed E-state index contributed by atoms with van der Waals surface area (Å²) in [6.45, 7) is 8.13. The van der Waals surface area contributed by atoms with Gasteiger partial charge in [0.1, 0.15) is 0 Å². The molecular formula is C37H37ClN2. The topological polar surface area (TPSA) is 6.48 Å². The third-order valence-corrected chi connectivity index (χ3v) is 7.83. The lowest BCUT2D eigenvalue weighted by Gasteiger charge is -2.26. The Hall–Kier alpha value is -4.01. The van der Waals surface area contributed by atoms with Crippen molar-refractivity contribution in [3.8, 4) is 0 Å². The van der Waals surface area contributed by atoms with Gasteiger partial charge in [0.05, 0.1) is 0 Å². The molecular weight excluding hydrogens is 508 g/mol. The Morgan fingerprint density at radius 1 is 0.475 bits per heavy atom. The van der Waals surface area contributed by atoms with Gasteiger partial charge in [-0.1, -0.05) is 109 Å². The third-order valence-electron chi connectivity index (χ3n) is 7.58. The number of rotatable bonds is 11. The van der Waals surface area contributed by atoms with Crippen LogP contribution in [0.15, 0.2) is 133 Å². The molecule has 0 aliphatic rings. The molecule has 3 heteroatoms. The van der Waals surface area contributed by atoms with Crippen LogP contribution in [0.4, 0.5) is 11.4 Å². The molecule has 0 unspecified atom stereocenters. The molecule has 0 aromatic heterocycles. The molecule has 0 atom stereocenters. The molecule has 0 N–H and O–H groups in total. The van der Waals surface area contributed by atoms with E-state index in [0.29, 0.717) is 0 Å². The van der Waals surface area contributed by atoms with E-state index in [9.17, 15) is 0 Å². The lowest BCUT2D eigenvalue weighted by atomic mass is 9.85. The summed E-state index contributed by atoms with van der Waals surface area (Å²) in [5, 5.41) is 0.757. The number of benzene rings is 5. The van der Waals surface area contributed by atoms with Crippen LogP contribution in [0.2, 0.25) is 5.02 Å². The van der Waals surface area contributed by atoms with Gasteiger partial charge in [-0.25, -0.2) is 0 Å². The summed E-state index contributed by atoms with van der Waals surface area (Å²) in [7, 11) is 0. The van der Waals surface area contributed by atoms with Crippen molar-refractivity contribution in [3.63, 3.8) is 0 Å². The fourth-order valence-corrected chi connectivity index (χ4v) is 5.49. The lowest BCUT2D eigenvalue weighted by Crippen LogP contribution is -2.22. The van der Waals surface area contributed by atoms with Crippen molar-refractivity contribution in [2.45, 2.75) is 32.9 Å². The van der Waals surface area contributed by atoms with E-state index in [1.165, 1.54) is 39.2 Å². The number of nitrogens with zero attached hydrogens (tertiary/aromatic N) is 2. The van der Waals surface area contributed by atoms with Gasteiger partial charge in [0, 0.05) is 48.5 Å². The molecule has 0 radical (unpaired) electrons. The second kappa shape index (κ2) is 13.4. The highest BCUT2D eigenvalue weighted by molar-refractivity contribution is 6.30. The molecule has 0 aliphatic carbocycles. The van der Waals surface area contributed by atoms with Crippen LogP contribution in [0.1, 0.15) is 47.6 Å². The molecule has 0 saturated carbocycles. The van der Waals surface area contributed by atoms with E-state index < -0.39 is 0 Å². The van der Waals surface area contributed by atoms with Gasteiger partial charge in [-0.2, -0.15) is 0 Å². The van der Waals surface area contributed by atoms with Gasteiger partial charge < -0.3 is 9.80 Å². The van der Waals surface area contributed by atoms with E-state index in [2.05, 4.69) is 145 Å². The van der Waals surface area contributed by atoms with E-state index in [-0.39, 0.29) is 5.92 Å². The molecule has 5 aromatic rings. The van der Waals surface area contributed by atoms with E-state index in [4.69, 9.17) is 11.6 Å². The molecule has 0 amide bonds. The first-order valence-electron chi connectivity index (χ1n) is 14.2. The Balaban J connectivity index is 1.42. The minimum atomic E-state index is 0.119. The number of hydrogen-bond acceptors (Lipinski definition) is 2. The summed E-state index contributed by atoms with van der Waals surface area (Å²) in [5.41, 5.74) is 8.89. The SMILES string of the molecule is CCN(Cc1ccccc1)c1ccc(C(c2ccc(Cl)cc2)c2ccc(N(CC)Cc3ccccc3)cc2)cc1. The fourth-order valence-electron chi connectivity index (χ4n) is 5.37. The van der Waals surface area contributed by atoms with Gasteiger partial charge in [0.15, 0.2) is 0 Å². The van der Waals surface area contributed by atoms with E-state index in [0.717, 1.165) is 31.2 Å². The van der Waals surface area contributed by atoms with Crippen molar-refractivity contribution in [2.75, 3.05) is 22.9 Å². The van der Waals surface area contributed by atoms with Crippen LogP contribution in [0.5, 0.6) is 0 Å². The maximum atomic E-state index is 6.27. The zero-order valence-electron chi connectivity index (χ0n) is 23.4. The predicted molar refractivity (Wildman–Crippen MR) is 172 cm³/mol. The summed E-state index contributed by atoms with van der Waals surface area (Å²) >= 11 is 6.27. The number of hydrogen-bond donors (Lipinski definition) is 0. The second-order valence-electron chi connectivity index (χ2n) is 10.2. The molecule has 5 rings (SSSR count). The standard InChI is InChI=1S/C37H37ClN2/c1-3-39(27-29-11-7-5-8-12-29)35-23-17-32(18-24-35)37(31-15-21-34(38)22-16-31)33-19-25-36(26-20-33)40(4-2)28-30-13-9-6-10-14-30/h5-26,37H,3-4,27-28H2,1-2H3. The van der Waals surface area contributed by atoms with E-state index in [1.54, 1.807) is 0 Å². The molecule has 0 spiro atoms. The zero-order chi connectivity index (χ0) is 27.7. The van der Waals surface area contributed by atoms with Crippen LogP contribution in [-0.4, -0.2) is 13.1 Å². The Labute approximate surface area is 244 Å². The van der Waals surface area contributed by atoms with Crippen LogP contribution >= 0.6 is 11.6 Å². The Morgan fingerprint density at radius 2 is 0.825 bits per heavy atom. The maximum Gasteiger partial charge on any atom is 0.0429 e. The molecule has 0 saturated heterocycles. The molecule has 0 heterocycles. The predicted octanol–water partition coefficient (Wildman–Crippen LogP) is 9.57. The van der Waals surface area contributed by atoms with Gasteiger partial charge in [-0.3, -0.25) is 0 Å². The minimum Gasteiger partial charge on any atom is -0.367 e. The summed E-state index contributed by atoms with van der Waals surface area (Å²) in [6.07, 6.45) is 0. The summed E-state index contributed by atoms with van der Waals surface area (Å²) in [5.74, 6) is 0.119. The van der Waals surface area contributed by atoms with Crippen LogP contribution in [0.3, 0.4) is 0 Å². The molecule has 202 valence electrons. The zero-order valence-corrected chi connectivity index (χ0v) is 24.1. The van der Waals surface area contributed by atoms with Gasteiger partial charge in [0.25, 0.3) is 0 Å². The number of halogens is 1. The van der Waals surface area contributed by atoms with Gasteiger partial charge in [-0.05, 0) is 78.1 Å². The monoisotopic (exact) mass is 544 g/mol. The Morgan fingerprint density at radius 3 is 1.18 bits per heavy atom. The molecule has 0 aliphatic heterocycles. The summed E-state index contributed by atoms with van der Waals surface area (Å²) in [6, 6.07) is 47.8. The van der Waals surface area contributed by atoms with Crippen LogP contribution in [0.25, 0.3) is 0 Å². The second-order valence-corrected chi connectivity index (χ2v) is 10.6. The van der Waals surface area contributed by atoms with Gasteiger partial charge in [-0.15, -0.1) is 0 Å². The molecule has 2 nitrogen and oxygen atoms in total. The average molecular weight is 545 g/mol. The van der Waals surface area contributed by atoms with Crippen molar-refractivity contribution in [1.29, 1.82) is 0 Å². The maximum absolute atomic E-state index is 6.27. The van der Waals surface area contributed by atoms with Crippen molar-refractivity contribution in [1.82, 2.24) is 0 Å². The molecule has 40 heavy (non-hydrogen) atoms. The smallest absolute Gasteiger partial charge is 0.0429 e. The fraction of sp³-hybridized carbons (Fsp3) is 0.189. The van der Waals surface area contributed by atoms with Crippen LogP contribution < -0.4 is 9.80 Å². The van der Waals surface area contributed by atoms with Gasteiger partial charge in [0.2, 0.25) is 0 Å². The largest absolute Gasteiger partial charge is 0.367 e. The van der Waals surface area contributed by atoms with E-state index >= 15 is 0 Å². The van der Waals surface area contributed by atoms with Crippen molar-refractivity contribution < 1.29 is 0 Å². The van der Waals surface area contributed by atoms with E-state index in [1.807, 2.05) is 12.1 Å². The minimum absolute atomic E-state index is 0.119. The first-order valence-corrected chi connectivity index (χ1v) is 14.6. The molecule has 0 bridgehead atoms. The van der Waals surface area contributed by atoms with Crippen molar-refractivity contribution in [2.24, 2.45) is 0 Å². The highest BCUT2D eigenvalue weighted by Gasteiger charge is 2.18. The number of anilines is 2. The van der Waals surface area contributed by atoms with Crippen molar-refractivity contribution in [3.05, 3.63) is 166 Å². The summed E-state index contributed by atoms with van der Waals surface area (Å²) in [4.78, 5) is 4.83.